The van der Waals surface area contributed by atoms with E-state index in [4.69, 9.17) is 19.9 Å². The van der Waals surface area contributed by atoms with E-state index in [1.165, 1.54) is 22.3 Å². The quantitative estimate of drug-likeness (QED) is 0.124. The molecule has 4 heteroatoms. The van der Waals surface area contributed by atoms with Crippen LogP contribution in [0, 0.1) is 0 Å². The van der Waals surface area contributed by atoms with Crippen LogP contribution in [0.2, 0.25) is 0 Å². The first kappa shape index (κ1) is 37.7. The van der Waals surface area contributed by atoms with E-state index < -0.39 is 0 Å². The maximum Gasteiger partial charge on any atom is 0.0972 e. The normalized spacial score (nSPS) is 11.6. The van der Waals surface area contributed by atoms with Crippen molar-refractivity contribution in [3.05, 3.63) is 231 Å². The molecule has 0 saturated heterocycles. The van der Waals surface area contributed by atoms with Crippen LogP contribution in [0.3, 0.4) is 0 Å². The third kappa shape index (κ3) is 6.46. The predicted octanol–water partition coefficient (Wildman–Crippen LogP) is 16.2. The molecule has 0 aliphatic rings. The maximum absolute atomic E-state index is 5.44. The number of hydrogen-bond donors (Lipinski definition) is 0. The van der Waals surface area contributed by atoms with Crippen molar-refractivity contribution in [3.63, 3.8) is 0 Å². The van der Waals surface area contributed by atoms with Gasteiger partial charge in [0, 0.05) is 44.4 Å². The molecule has 4 nitrogen and oxygen atoms in total. The van der Waals surface area contributed by atoms with Gasteiger partial charge in [0.05, 0.1) is 39.1 Å². The van der Waals surface area contributed by atoms with Crippen LogP contribution in [0.1, 0.15) is 0 Å². The number of benzene rings is 9. The van der Waals surface area contributed by atoms with Gasteiger partial charge in [-0.05, 0) is 116 Å². The molecule has 13 rings (SSSR count). The van der Waals surface area contributed by atoms with Gasteiger partial charge in [-0.15, -0.1) is 0 Å². The zero-order valence-electron chi connectivity index (χ0n) is 35.7. The van der Waals surface area contributed by atoms with Crippen molar-refractivity contribution >= 4 is 65.2 Å². The lowest BCUT2D eigenvalue weighted by molar-refractivity contribution is 1.38. The summed E-state index contributed by atoms with van der Waals surface area (Å²) in [4.78, 5) is 20.7. The highest BCUT2D eigenvalue weighted by Gasteiger charge is 2.19. The molecule has 0 fully saturated rings. The van der Waals surface area contributed by atoms with Crippen LogP contribution in [0.4, 0.5) is 0 Å². The molecule has 0 saturated carbocycles. The Bertz CT molecular complexity index is 3930. The monoisotopic (exact) mass is 838 g/mol. The van der Waals surface area contributed by atoms with Gasteiger partial charge in [-0.25, -0.2) is 15.0 Å². The number of nitrogens with zero attached hydrogens (tertiary/aromatic N) is 4. The summed E-state index contributed by atoms with van der Waals surface area (Å²) in [7, 11) is 0. The minimum Gasteiger partial charge on any atom is -0.254 e. The van der Waals surface area contributed by atoms with Crippen LogP contribution in [-0.4, -0.2) is 19.9 Å². The van der Waals surface area contributed by atoms with Crippen molar-refractivity contribution in [2.75, 3.05) is 0 Å². The van der Waals surface area contributed by atoms with E-state index in [-0.39, 0.29) is 0 Å². The summed E-state index contributed by atoms with van der Waals surface area (Å²) in [5.74, 6) is 0. The Morgan fingerprint density at radius 3 is 1.39 bits per heavy atom. The summed E-state index contributed by atoms with van der Waals surface area (Å²) in [5.41, 5.74) is 16.8. The van der Waals surface area contributed by atoms with E-state index in [9.17, 15) is 0 Å². The average molecular weight is 839 g/mol. The highest BCUT2D eigenvalue weighted by molar-refractivity contribution is 6.21. The molecule has 13 aromatic rings. The van der Waals surface area contributed by atoms with E-state index in [1.807, 2.05) is 12.3 Å². The van der Waals surface area contributed by atoms with Crippen LogP contribution in [0.5, 0.6) is 0 Å². The van der Waals surface area contributed by atoms with Crippen molar-refractivity contribution in [2.45, 2.75) is 0 Å². The van der Waals surface area contributed by atoms with Gasteiger partial charge < -0.3 is 0 Å². The number of aromatic nitrogens is 4. The number of fused-ring (bicyclic) bond motifs is 7. The smallest absolute Gasteiger partial charge is 0.0972 e. The molecular weight excluding hydrogens is 801 g/mol. The molecule has 4 heterocycles. The van der Waals surface area contributed by atoms with Gasteiger partial charge >= 0.3 is 0 Å². The molecule has 0 unspecified atom stereocenters. The largest absolute Gasteiger partial charge is 0.254 e. The molecular formula is C62H38N4. The first-order valence-corrected chi connectivity index (χ1v) is 22.4. The fourth-order valence-corrected chi connectivity index (χ4v) is 9.82. The lowest BCUT2D eigenvalue weighted by Crippen LogP contribution is -1.95. The van der Waals surface area contributed by atoms with Crippen molar-refractivity contribution < 1.29 is 0 Å². The Morgan fingerprint density at radius 1 is 0.242 bits per heavy atom. The second-order valence-corrected chi connectivity index (χ2v) is 17.0. The van der Waals surface area contributed by atoms with Gasteiger partial charge in [0.25, 0.3) is 0 Å². The molecule has 66 heavy (non-hydrogen) atoms. The van der Waals surface area contributed by atoms with Crippen LogP contribution in [0.15, 0.2) is 231 Å². The zero-order chi connectivity index (χ0) is 43.6. The first-order chi connectivity index (χ1) is 32.7. The van der Waals surface area contributed by atoms with E-state index in [2.05, 4.69) is 218 Å². The molecule has 9 aromatic carbocycles. The SMILES string of the molecule is c1ccc(-c2cc(-c3ccccc3)cc(-c3ccc4cc(-c5ccc6ccc(-c7c8ccccc8c(-c8ccc9ccc%10cccnc%10c9n8)c8ccccc78)nc6c5)ccc4n3)c2)cc1. The predicted molar refractivity (Wildman–Crippen MR) is 275 cm³/mol. The van der Waals surface area contributed by atoms with Gasteiger partial charge in [0.2, 0.25) is 0 Å². The molecule has 4 aromatic heterocycles. The van der Waals surface area contributed by atoms with E-state index >= 15 is 0 Å². The summed E-state index contributed by atoms with van der Waals surface area (Å²) in [5, 5.41) is 8.87. The van der Waals surface area contributed by atoms with E-state index in [1.54, 1.807) is 0 Å². The van der Waals surface area contributed by atoms with Gasteiger partial charge in [-0.2, -0.15) is 0 Å². The summed E-state index contributed by atoms with van der Waals surface area (Å²) in [6.45, 7) is 0. The summed E-state index contributed by atoms with van der Waals surface area (Å²) >= 11 is 0. The van der Waals surface area contributed by atoms with Crippen LogP contribution in [0.25, 0.3) is 132 Å². The van der Waals surface area contributed by atoms with Gasteiger partial charge in [0.15, 0.2) is 0 Å². The Labute approximate surface area is 381 Å². The third-order valence-electron chi connectivity index (χ3n) is 13.0. The molecule has 0 N–H and O–H groups in total. The number of hydrogen-bond acceptors (Lipinski definition) is 4. The van der Waals surface area contributed by atoms with Gasteiger partial charge in [-0.3, -0.25) is 4.98 Å². The second-order valence-electron chi connectivity index (χ2n) is 17.0. The van der Waals surface area contributed by atoms with Crippen molar-refractivity contribution in [1.82, 2.24) is 19.9 Å². The Morgan fingerprint density at radius 2 is 0.727 bits per heavy atom. The van der Waals surface area contributed by atoms with E-state index in [0.29, 0.717) is 0 Å². The minimum atomic E-state index is 0.907. The summed E-state index contributed by atoms with van der Waals surface area (Å²) in [6, 6.07) is 79.8. The highest BCUT2D eigenvalue weighted by atomic mass is 14.8. The highest BCUT2D eigenvalue weighted by Crippen LogP contribution is 2.44. The van der Waals surface area contributed by atoms with Crippen LogP contribution >= 0.6 is 0 Å². The number of pyridine rings is 4. The standard InChI is InChI=1S/C62H38N4/c1-3-12-39(13-4-1)47-35-48(40-14-5-2-6-15-40)37-49(36-47)55-30-28-46-34-44(27-29-54(46)64-55)45-24-21-41-25-31-56(65-58(41)38-45)59-50-17-7-9-19-52(50)60(53-20-10-8-18-51(53)59)57-32-26-43-23-22-42-16-11-33-63-61(42)62(43)66-57/h1-38H. The average Bonchev–Trinajstić information content (AvgIpc) is 3.39. The Kier molecular flexibility index (Phi) is 8.81. The molecule has 0 aliphatic carbocycles. The first-order valence-electron chi connectivity index (χ1n) is 22.4. The van der Waals surface area contributed by atoms with Gasteiger partial charge in [0.1, 0.15) is 0 Å². The third-order valence-corrected chi connectivity index (χ3v) is 13.0. The van der Waals surface area contributed by atoms with Crippen molar-refractivity contribution in [2.24, 2.45) is 0 Å². The summed E-state index contributed by atoms with van der Waals surface area (Å²) < 4.78 is 0. The van der Waals surface area contributed by atoms with Crippen molar-refractivity contribution in [3.8, 4) is 67.2 Å². The van der Waals surface area contributed by atoms with Gasteiger partial charge in [-0.1, -0.05) is 164 Å². The maximum atomic E-state index is 5.44. The fraction of sp³-hybridized carbons (Fsp3) is 0. The van der Waals surface area contributed by atoms with Crippen molar-refractivity contribution in [1.29, 1.82) is 0 Å². The zero-order valence-corrected chi connectivity index (χ0v) is 35.7. The lowest BCUT2D eigenvalue weighted by Gasteiger charge is -2.17. The summed E-state index contributed by atoms with van der Waals surface area (Å²) in [6.07, 6.45) is 1.85. The number of rotatable bonds is 6. The Balaban J connectivity index is 0.891. The second kappa shape index (κ2) is 15.4. The lowest BCUT2D eigenvalue weighted by atomic mass is 9.88. The fourth-order valence-electron chi connectivity index (χ4n) is 9.82. The molecule has 0 spiro atoms. The molecule has 0 radical (unpaired) electrons. The van der Waals surface area contributed by atoms with Crippen LogP contribution in [-0.2, 0) is 0 Å². The topological polar surface area (TPSA) is 51.6 Å². The Hall–Kier alpha value is -8.86. The minimum absolute atomic E-state index is 0.907. The van der Waals surface area contributed by atoms with E-state index in [0.717, 1.165) is 110 Å². The molecule has 306 valence electrons. The molecule has 0 atom stereocenters. The molecule has 0 aliphatic heterocycles. The molecule has 0 amide bonds. The molecule has 0 bridgehead atoms. The van der Waals surface area contributed by atoms with Crippen LogP contribution < -0.4 is 0 Å².